The standard InChI is InChI=1S/C28H31F2N7O3S/c1-3-17-11-18(20-5-4-6-21(24(20)30)23(29)7-8-34-41(38)39)12-22-25(17)35-26(19-13-32-28(31)33-14-19)36-27(22)37-9-10-40-15-16(37)2/h4-6,11-14,16,23,34H,3,7-10,15H2,1-2H3,(H,38,39)(H2,31,32,33)/p-1. The number of nitrogens with one attached hydrogen (secondary N) is 1. The van der Waals surface area contributed by atoms with Crippen LogP contribution in [0.2, 0.25) is 0 Å². The van der Waals surface area contributed by atoms with Crippen molar-refractivity contribution in [2.75, 3.05) is 36.9 Å². The number of fused-ring (bicyclic) bond motifs is 1. The molecule has 2 aromatic carbocycles. The Morgan fingerprint density at radius 3 is 2.73 bits per heavy atom. The van der Waals surface area contributed by atoms with E-state index in [0.717, 1.165) is 10.9 Å². The minimum absolute atomic E-state index is 0.0236. The Morgan fingerprint density at radius 2 is 2.02 bits per heavy atom. The molecule has 3 atom stereocenters. The van der Waals surface area contributed by atoms with E-state index >= 15 is 4.39 Å². The molecule has 4 aromatic rings. The van der Waals surface area contributed by atoms with E-state index in [1.54, 1.807) is 24.5 Å². The highest BCUT2D eigenvalue weighted by Crippen LogP contribution is 2.37. The highest BCUT2D eigenvalue weighted by molar-refractivity contribution is 7.77. The molecular weight excluding hydrogens is 552 g/mol. The number of aromatic nitrogens is 4. The quantitative estimate of drug-likeness (QED) is 0.280. The highest BCUT2D eigenvalue weighted by atomic mass is 32.2. The monoisotopic (exact) mass is 582 g/mol. The lowest BCUT2D eigenvalue weighted by Crippen LogP contribution is -2.44. The van der Waals surface area contributed by atoms with Crippen LogP contribution in [-0.2, 0) is 22.4 Å². The molecule has 41 heavy (non-hydrogen) atoms. The summed E-state index contributed by atoms with van der Waals surface area (Å²) in [5.74, 6) is 0.565. The summed E-state index contributed by atoms with van der Waals surface area (Å²) in [6.45, 7) is 5.55. The largest absolute Gasteiger partial charge is 0.760 e. The average Bonchev–Trinajstić information content (AvgIpc) is 2.96. The molecule has 10 nitrogen and oxygen atoms in total. The number of nitrogens with two attached hydrogens (primary N) is 1. The van der Waals surface area contributed by atoms with Crippen LogP contribution in [0.1, 0.15) is 37.6 Å². The van der Waals surface area contributed by atoms with Crippen LogP contribution in [0, 0.1) is 5.82 Å². The second-order valence-electron chi connectivity index (χ2n) is 9.80. The zero-order chi connectivity index (χ0) is 29.1. The summed E-state index contributed by atoms with van der Waals surface area (Å²) in [5.41, 5.74) is 8.54. The maximum absolute atomic E-state index is 15.8. The van der Waals surface area contributed by atoms with Gasteiger partial charge >= 0.3 is 0 Å². The SMILES string of the molecule is CCc1cc(-c2cccc(C(F)CCNS(=O)[O-])c2F)cc2c(N3CCOCC3C)nc(-c3cnc(N)nc3)nc12. The summed E-state index contributed by atoms with van der Waals surface area (Å²) in [6.07, 6.45) is 1.87. The van der Waals surface area contributed by atoms with Crippen molar-refractivity contribution >= 4 is 33.9 Å². The number of benzene rings is 2. The van der Waals surface area contributed by atoms with Crippen molar-refractivity contribution in [3.63, 3.8) is 0 Å². The number of rotatable bonds is 9. The first kappa shape index (κ1) is 28.9. The summed E-state index contributed by atoms with van der Waals surface area (Å²) in [6, 6.07) is 8.31. The Labute approximate surface area is 238 Å². The van der Waals surface area contributed by atoms with E-state index in [2.05, 4.69) is 19.6 Å². The van der Waals surface area contributed by atoms with Crippen molar-refractivity contribution in [2.24, 2.45) is 0 Å². The minimum atomic E-state index is -2.51. The maximum atomic E-state index is 15.8. The molecule has 0 amide bonds. The van der Waals surface area contributed by atoms with Crippen LogP contribution < -0.4 is 15.4 Å². The molecule has 3 heterocycles. The van der Waals surface area contributed by atoms with Crippen LogP contribution in [0.15, 0.2) is 42.7 Å². The number of morpholine rings is 1. The number of hydrogen-bond donors (Lipinski definition) is 2. The third-order valence-corrected chi connectivity index (χ3v) is 7.54. The van der Waals surface area contributed by atoms with Gasteiger partial charge in [0, 0.05) is 53.3 Å². The van der Waals surface area contributed by atoms with E-state index < -0.39 is 23.3 Å². The van der Waals surface area contributed by atoms with Gasteiger partial charge in [0.15, 0.2) is 5.82 Å². The Hall–Kier alpha value is -3.65. The van der Waals surface area contributed by atoms with Crippen LogP contribution in [-0.4, -0.2) is 61.0 Å². The van der Waals surface area contributed by atoms with Gasteiger partial charge in [-0.1, -0.05) is 25.1 Å². The van der Waals surface area contributed by atoms with Crippen LogP contribution in [0.3, 0.4) is 0 Å². The summed E-state index contributed by atoms with van der Waals surface area (Å²) in [5, 5.41) is 0.733. The molecule has 0 bridgehead atoms. The first-order valence-corrected chi connectivity index (χ1v) is 14.4. The van der Waals surface area contributed by atoms with Crippen molar-refractivity contribution in [1.82, 2.24) is 24.7 Å². The van der Waals surface area contributed by atoms with E-state index in [1.165, 1.54) is 6.07 Å². The molecule has 2 aromatic heterocycles. The number of nitrogen functional groups attached to an aromatic ring is 1. The number of ether oxygens (including phenoxy) is 1. The molecule has 3 N–H and O–H groups in total. The average molecular weight is 583 g/mol. The molecule has 0 aliphatic carbocycles. The lowest BCUT2D eigenvalue weighted by Gasteiger charge is -2.35. The van der Waals surface area contributed by atoms with Gasteiger partial charge in [-0.15, -0.1) is 0 Å². The van der Waals surface area contributed by atoms with Crippen LogP contribution >= 0.6 is 0 Å². The van der Waals surface area contributed by atoms with Crippen LogP contribution in [0.25, 0.3) is 33.4 Å². The van der Waals surface area contributed by atoms with E-state index in [4.69, 9.17) is 20.4 Å². The zero-order valence-corrected chi connectivity index (χ0v) is 23.5. The van der Waals surface area contributed by atoms with Crippen molar-refractivity contribution in [2.45, 2.75) is 38.9 Å². The van der Waals surface area contributed by atoms with Gasteiger partial charge < -0.3 is 19.9 Å². The van der Waals surface area contributed by atoms with Gasteiger partial charge in [-0.3, -0.25) is 4.21 Å². The third kappa shape index (κ3) is 6.17. The summed E-state index contributed by atoms with van der Waals surface area (Å²) in [7, 11) is 0. The number of halogens is 2. The normalized spacial score (nSPS) is 17.1. The van der Waals surface area contributed by atoms with Crippen molar-refractivity contribution in [3.05, 3.63) is 59.7 Å². The second kappa shape index (κ2) is 12.5. The van der Waals surface area contributed by atoms with Gasteiger partial charge in [-0.2, -0.15) is 0 Å². The Kier molecular flexibility index (Phi) is 8.78. The summed E-state index contributed by atoms with van der Waals surface area (Å²) >= 11 is -2.51. The maximum Gasteiger partial charge on any atom is 0.219 e. The molecule has 1 saturated heterocycles. The predicted octanol–water partition coefficient (Wildman–Crippen LogP) is 4.05. The molecule has 3 unspecified atom stereocenters. The van der Waals surface area contributed by atoms with Gasteiger partial charge in [0.05, 0.1) is 30.3 Å². The van der Waals surface area contributed by atoms with Gasteiger partial charge in [-0.25, -0.2) is 33.4 Å². The van der Waals surface area contributed by atoms with Crippen LogP contribution in [0.4, 0.5) is 20.5 Å². The number of hydrogen-bond acceptors (Lipinski definition) is 9. The molecule has 0 saturated carbocycles. The van der Waals surface area contributed by atoms with E-state index in [1.807, 2.05) is 26.0 Å². The Bertz CT molecular complexity index is 1580. The summed E-state index contributed by atoms with van der Waals surface area (Å²) in [4.78, 5) is 20.1. The molecule has 0 radical (unpaired) electrons. The van der Waals surface area contributed by atoms with Gasteiger partial charge in [-0.05, 0) is 43.0 Å². The topological polar surface area (TPSA) is 142 Å². The lowest BCUT2D eigenvalue weighted by molar-refractivity contribution is 0.0987. The minimum Gasteiger partial charge on any atom is -0.760 e. The zero-order valence-electron chi connectivity index (χ0n) is 22.6. The van der Waals surface area contributed by atoms with E-state index in [-0.39, 0.29) is 36.1 Å². The van der Waals surface area contributed by atoms with Crippen molar-refractivity contribution in [3.8, 4) is 22.5 Å². The number of anilines is 2. The van der Waals surface area contributed by atoms with Gasteiger partial charge in [0.2, 0.25) is 5.95 Å². The lowest BCUT2D eigenvalue weighted by atomic mass is 9.95. The molecule has 5 rings (SSSR count). The molecule has 13 heteroatoms. The smallest absolute Gasteiger partial charge is 0.219 e. The molecule has 1 fully saturated rings. The molecule has 1 aliphatic rings. The molecular formula is C28H30F2N7O3S-. The Balaban J connectivity index is 1.66. The molecule has 216 valence electrons. The number of alkyl halides is 1. The predicted molar refractivity (Wildman–Crippen MR) is 153 cm³/mol. The Morgan fingerprint density at radius 1 is 1.24 bits per heavy atom. The van der Waals surface area contributed by atoms with Gasteiger partial charge in [0.25, 0.3) is 0 Å². The van der Waals surface area contributed by atoms with Crippen molar-refractivity contribution in [1.29, 1.82) is 0 Å². The van der Waals surface area contributed by atoms with Crippen molar-refractivity contribution < 1.29 is 22.3 Å². The van der Waals surface area contributed by atoms with E-state index in [9.17, 15) is 13.2 Å². The molecule has 1 aliphatic heterocycles. The highest BCUT2D eigenvalue weighted by Gasteiger charge is 2.26. The fourth-order valence-corrected chi connectivity index (χ4v) is 5.28. The molecule has 0 spiro atoms. The van der Waals surface area contributed by atoms with E-state index in [0.29, 0.717) is 54.5 Å². The second-order valence-corrected chi connectivity index (χ2v) is 10.6. The summed E-state index contributed by atoms with van der Waals surface area (Å²) < 4.78 is 60.0. The van der Waals surface area contributed by atoms with Crippen LogP contribution in [0.5, 0.6) is 0 Å². The number of aryl methyl sites for hydroxylation is 1. The number of nitrogens with zero attached hydrogens (tertiary/aromatic N) is 5. The fourth-order valence-electron chi connectivity index (χ4n) is 5.00. The fraction of sp³-hybridized carbons (Fsp3) is 0.357. The first-order valence-electron chi connectivity index (χ1n) is 13.3. The van der Waals surface area contributed by atoms with Gasteiger partial charge in [0.1, 0.15) is 17.8 Å². The third-order valence-electron chi connectivity index (χ3n) is 7.10. The first-order chi connectivity index (χ1) is 19.8.